The summed E-state index contributed by atoms with van der Waals surface area (Å²) in [4.78, 5) is 3.43. The lowest BCUT2D eigenvalue weighted by molar-refractivity contribution is 0.485. The first-order valence-electron chi connectivity index (χ1n) is 5.10. The van der Waals surface area contributed by atoms with Gasteiger partial charge in [0.05, 0.1) is 6.57 Å². The van der Waals surface area contributed by atoms with Crippen LogP contribution in [0.25, 0.3) is 4.85 Å². The number of halogens is 1. The third-order valence-corrected chi connectivity index (χ3v) is 2.78. The number of hydrogen-bond donors (Lipinski definition) is 0. The molecule has 0 aliphatic rings. The van der Waals surface area contributed by atoms with Crippen molar-refractivity contribution in [3.05, 3.63) is 63.9 Å². The molecule has 0 radical (unpaired) electrons. The van der Waals surface area contributed by atoms with Gasteiger partial charge in [0.2, 0.25) is 5.69 Å². The molecule has 3 heteroatoms. The molecule has 0 fully saturated rings. The van der Waals surface area contributed by atoms with Crippen LogP contribution in [0.15, 0.2) is 46.9 Å². The van der Waals surface area contributed by atoms with Gasteiger partial charge in [-0.1, -0.05) is 45.8 Å². The maximum Gasteiger partial charge on any atom is 0.228 e. The number of aryl methyl sites for hydroxylation is 1. The molecule has 0 spiro atoms. The first kappa shape index (κ1) is 11.7. The fourth-order valence-corrected chi connectivity index (χ4v) is 1.74. The summed E-state index contributed by atoms with van der Waals surface area (Å²) in [5, 5.41) is 0. The topological polar surface area (TPSA) is 13.6 Å². The van der Waals surface area contributed by atoms with Gasteiger partial charge in [0, 0.05) is 4.47 Å². The first-order chi connectivity index (χ1) is 8.19. The van der Waals surface area contributed by atoms with E-state index >= 15 is 0 Å². The monoisotopic (exact) mass is 287 g/mol. The second-order valence-corrected chi connectivity index (χ2v) is 4.55. The molecule has 0 aliphatic carbocycles. The smallest absolute Gasteiger partial charge is 0.228 e. The Labute approximate surface area is 109 Å². The van der Waals surface area contributed by atoms with E-state index in [0.717, 1.165) is 10.2 Å². The summed E-state index contributed by atoms with van der Waals surface area (Å²) >= 11 is 3.37. The van der Waals surface area contributed by atoms with Gasteiger partial charge in [0.25, 0.3) is 0 Å². The highest BCUT2D eigenvalue weighted by molar-refractivity contribution is 9.10. The summed E-state index contributed by atoms with van der Waals surface area (Å²) < 4.78 is 6.59. The summed E-state index contributed by atoms with van der Waals surface area (Å²) in [5.41, 5.74) is 1.69. The van der Waals surface area contributed by atoms with E-state index in [1.54, 1.807) is 12.1 Å². The van der Waals surface area contributed by atoms with Crippen molar-refractivity contribution < 1.29 is 4.74 Å². The van der Waals surface area contributed by atoms with Gasteiger partial charge in [-0.3, -0.25) is 0 Å². The Kier molecular flexibility index (Phi) is 3.46. The largest absolute Gasteiger partial charge is 0.468 e. The highest BCUT2D eigenvalue weighted by Gasteiger charge is 2.05. The summed E-state index contributed by atoms with van der Waals surface area (Å²) in [6, 6.07) is 13.1. The van der Waals surface area contributed by atoms with Gasteiger partial charge < -0.3 is 4.74 Å². The molecule has 0 atom stereocenters. The van der Waals surface area contributed by atoms with Gasteiger partial charge >= 0.3 is 0 Å². The lowest BCUT2D eigenvalue weighted by Crippen LogP contribution is -1.84. The molecule has 0 saturated heterocycles. The van der Waals surface area contributed by atoms with Gasteiger partial charge in [-0.05, 0) is 25.1 Å². The first-order valence-corrected chi connectivity index (χ1v) is 5.90. The van der Waals surface area contributed by atoms with Crippen LogP contribution in [-0.4, -0.2) is 0 Å². The zero-order chi connectivity index (χ0) is 12.3. The lowest BCUT2D eigenvalue weighted by atomic mass is 10.2. The van der Waals surface area contributed by atoms with Crippen molar-refractivity contribution in [2.24, 2.45) is 0 Å². The van der Waals surface area contributed by atoms with Crippen LogP contribution in [0.5, 0.6) is 11.5 Å². The van der Waals surface area contributed by atoms with Crippen molar-refractivity contribution in [3.8, 4) is 11.5 Å². The van der Waals surface area contributed by atoms with Crippen LogP contribution in [0.3, 0.4) is 0 Å². The summed E-state index contributed by atoms with van der Waals surface area (Å²) in [5.74, 6) is 1.30. The highest BCUT2D eigenvalue weighted by atomic mass is 79.9. The van der Waals surface area contributed by atoms with Crippen LogP contribution >= 0.6 is 15.9 Å². The van der Waals surface area contributed by atoms with E-state index in [4.69, 9.17) is 11.3 Å². The molecule has 2 rings (SSSR count). The SMILES string of the molecule is [C-]#[N+]c1ccc(Br)cc1Oc1ccc(C)cc1. The van der Waals surface area contributed by atoms with Crippen LogP contribution < -0.4 is 4.74 Å². The van der Waals surface area contributed by atoms with Gasteiger partial charge in [-0.15, -0.1) is 0 Å². The molecule has 0 saturated carbocycles. The quantitative estimate of drug-likeness (QED) is 0.701. The minimum Gasteiger partial charge on any atom is -0.468 e. The Bertz CT molecular complexity index is 570. The van der Waals surface area contributed by atoms with Gasteiger partial charge in [-0.25, -0.2) is 4.85 Å². The van der Waals surface area contributed by atoms with Crippen molar-refractivity contribution in [1.82, 2.24) is 0 Å². The van der Waals surface area contributed by atoms with Gasteiger partial charge in [0.1, 0.15) is 11.5 Å². The Morgan fingerprint density at radius 2 is 1.82 bits per heavy atom. The van der Waals surface area contributed by atoms with Crippen LogP contribution in [0.2, 0.25) is 0 Å². The van der Waals surface area contributed by atoms with E-state index in [1.807, 2.05) is 37.3 Å². The molecular weight excluding hydrogens is 278 g/mol. The average molecular weight is 288 g/mol. The predicted octanol–water partition coefficient (Wildman–Crippen LogP) is 5.10. The second-order valence-electron chi connectivity index (χ2n) is 3.64. The van der Waals surface area contributed by atoms with Crippen LogP contribution in [0, 0.1) is 13.5 Å². The molecule has 0 amide bonds. The molecule has 0 unspecified atom stereocenters. The summed E-state index contributed by atoms with van der Waals surface area (Å²) in [6.07, 6.45) is 0. The zero-order valence-corrected chi connectivity index (χ0v) is 10.9. The van der Waals surface area contributed by atoms with Crippen molar-refractivity contribution in [2.45, 2.75) is 6.92 Å². The molecule has 84 valence electrons. The van der Waals surface area contributed by atoms with E-state index in [-0.39, 0.29) is 0 Å². The minimum absolute atomic E-state index is 0.508. The molecule has 0 heterocycles. The fraction of sp³-hybridized carbons (Fsp3) is 0.0714. The number of rotatable bonds is 2. The standard InChI is InChI=1S/C14H10BrNO/c1-10-3-6-12(7-4-10)17-14-9-11(15)5-8-13(14)16-2/h3-9H,1H3. The number of hydrogen-bond acceptors (Lipinski definition) is 1. The molecule has 17 heavy (non-hydrogen) atoms. The Morgan fingerprint density at radius 3 is 2.47 bits per heavy atom. The van der Waals surface area contributed by atoms with E-state index in [2.05, 4.69) is 20.8 Å². The molecule has 2 nitrogen and oxygen atoms in total. The number of benzene rings is 2. The minimum atomic E-state index is 0.508. The molecule has 0 aliphatic heterocycles. The maximum absolute atomic E-state index is 7.08. The molecule has 0 N–H and O–H groups in total. The normalized spacial score (nSPS) is 9.71. The van der Waals surface area contributed by atoms with E-state index < -0.39 is 0 Å². The Morgan fingerprint density at radius 1 is 1.12 bits per heavy atom. The molecule has 2 aromatic rings. The zero-order valence-electron chi connectivity index (χ0n) is 9.27. The van der Waals surface area contributed by atoms with Crippen LogP contribution in [0.4, 0.5) is 5.69 Å². The second kappa shape index (κ2) is 5.03. The molecular formula is C14H10BrNO. The van der Waals surface area contributed by atoms with Crippen LogP contribution in [-0.2, 0) is 0 Å². The van der Waals surface area contributed by atoms with Crippen molar-refractivity contribution in [1.29, 1.82) is 0 Å². The molecule has 2 aromatic carbocycles. The fourth-order valence-electron chi connectivity index (χ4n) is 1.40. The number of ether oxygens (including phenoxy) is 1. The third kappa shape index (κ3) is 2.86. The Hall–Kier alpha value is -1.79. The van der Waals surface area contributed by atoms with E-state index in [9.17, 15) is 0 Å². The van der Waals surface area contributed by atoms with E-state index in [0.29, 0.717) is 11.4 Å². The maximum atomic E-state index is 7.08. The highest BCUT2D eigenvalue weighted by Crippen LogP contribution is 2.34. The lowest BCUT2D eigenvalue weighted by Gasteiger charge is -2.08. The van der Waals surface area contributed by atoms with Crippen LogP contribution in [0.1, 0.15) is 5.56 Å². The molecule has 0 aromatic heterocycles. The van der Waals surface area contributed by atoms with Crippen molar-refractivity contribution >= 4 is 21.6 Å². The summed E-state index contributed by atoms with van der Waals surface area (Å²) in [7, 11) is 0. The molecule has 0 bridgehead atoms. The predicted molar refractivity (Wildman–Crippen MR) is 71.7 cm³/mol. The summed E-state index contributed by atoms with van der Waals surface area (Å²) in [6.45, 7) is 9.11. The average Bonchev–Trinajstić information content (AvgIpc) is 2.32. The van der Waals surface area contributed by atoms with Gasteiger partial charge in [0.15, 0.2) is 0 Å². The van der Waals surface area contributed by atoms with Gasteiger partial charge in [-0.2, -0.15) is 0 Å². The van der Waals surface area contributed by atoms with E-state index in [1.165, 1.54) is 5.56 Å². The third-order valence-electron chi connectivity index (χ3n) is 2.29. The number of nitrogens with zero attached hydrogens (tertiary/aromatic N) is 1. The Balaban J connectivity index is 2.32. The van der Waals surface area contributed by atoms with Crippen molar-refractivity contribution in [3.63, 3.8) is 0 Å². The van der Waals surface area contributed by atoms with Crippen molar-refractivity contribution in [2.75, 3.05) is 0 Å².